The van der Waals surface area contributed by atoms with E-state index in [4.69, 9.17) is 14.2 Å². The number of guanidine groups is 1. The van der Waals surface area contributed by atoms with Crippen LogP contribution in [-0.4, -0.2) is 37.9 Å². The molecule has 1 heterocycles. The topological polar surface area (TPSA) is 84.3 Å². The van der Waals surface area contributed by atoms with Gasteiger partial charge in [-0.25, -0.2) is 4.99 Å². The Morgan fingerprint density at radius 3 is 2.71 bits per heavy atom. The van der Waals surface area contributed by atoms with Crippen molar-refractivity contribution in [3.63, 3.8) is 0 Å². The summed E-state index contributed by atoms with van der Waals surface area (Å²) < 4.78 is 16.5. The molecule has 1 aliphatic rings. The number of methoxy groups -OCH3 is 1. The lowest BCUT2D eigenvalue weighted by Crippen LogP contribution is -2.30. The molecule has 1 aliphatic heterocycles. The molecule has 28 heavy (non-hydrogen) atoms. The molecule has 2 aromatic carbocycles. The van der Waals surface area contributed by atoms with Gasteiger partial charge in [0.2, 0.25) is 0 Å². The summed E-state index contributed by atoms with van der Waals surface area (Å²) in [7, 11) is 1.53. The predicted octanol–water partition coefficient (Wildman–Crippen LogP) is 3.76. The summed E-state index contributed by atoms with van der Waals surface area (Å²) >= 11 is 0. The Balaban J connectivity index is 0.00000280. The van der Waals surface area contributed by atoms with E-state index in [1.54, 1.807) is 6.07 Å². The molecule has 0 bridgehead atoms. The van der Waals surface area contributed by atoms with Crippen LogP contribution in [0.15, 0.2) is 41.4 Å². The summed E-state index contributed by atoms with van der Waals surface area (Å²) in [6, 6.07) is 11.1. The van der Waals surface area contributed by atoms with Crippen molar-refractivity contribution in [2.75, 3.05) is 32.2 Å². The van der Waals surface area contributed by atoms with Crippen molar-refractivity contribution in [1.82, 2.24) is 5.32 Å². The van der Waals surface area contributed by atoms with Crippen LogP contribution in [0.3, 0.4) is 0 Å². The number of hydrogen-bond donors (Lipinski definition) is 3. The van der Waals surface area contributed by atoms with Gasteiger partial charge in [-0.05, 0) is 25.1 Å². The van der Waals surface area contributed by atoms with E-state index in [1.165, 1.54) is 7.11 Å². The minimum atomic E-state index is 0. The summed E-state index contributed by atoms with van der Waals surface area (Å²) in [6.07, 6.45) is 0.867. The highest BCUT2D eigenvalue weighted by molar-refractivity contribution is 14.0. The molecule has 3 N–H and O–H groups in total. The first-order valence-electron chi connectivity index (χ1n) is 9.01. The molecule has 0 atom stereocenters. The number of benzene rings is 2. The van der Waals surface area contributed by atoms with Crippen molar-refractivity contribution in [2.45, 2.75) is 19.9 Å². The maximum atomic E-state index is 10.2. The van der Waals surface area contributed by atoms with Crippen molar-refractivity contribution >= 4 is 35.6 Å². The van der Waals surface area contributed by atoms with Gasteiger partial charge in [0.1, 0.15) is 0 Å². The Morgan fingerprint density at radius 2 is 1.96 bits per heavy atom. The smallest absolute Gasteiger partial charge is 0.196 e. The highest BCUT2D eigenvalue weighted by Crippen LogP contribution is 2.32. The van der Waals surface area contributed by atoms with Crippen LogP contribution in [0.25, 0.3) is 0 Å². The molecule has 0 saturated carbocycles. The Morgan fingerprint density at radius 1 is 1.18 bits per heavy atom. The fourth-order valence-electron chi connectivity index (χ4n) is 2.71. The number of anilines is 1. The molecule has 152 valence electrons. The molecule has 8 heteroatoms. The van der Waals surface area contributed by atoms with Gasteiger partial charge in [-0.1, -0.05) is 12.1 Å². The lowest BCUT2D eigenvalue weighted by Gasteiger charge is -2.14. The van der Waals surface area contributed by atoms with Crippen molar-refractivity contribution < 1.29 is 19.3 Å². The predicted molar refractivity (Wildman–Crippen MR) is 121 cm³/mol. The van der Waals surface area contributed by atoms with E-state index in [-0.39, 0.29) is 29.7 Å². The summed E-state index contributed by atoms with van der Waals surface area (Å²) in [5, 5.41) is 16.7. The fraction of sp³-hybridized carbons (Fsp3) is 0.350. The lowest BCUT2D eigenvalue weighted by molar-refractivity contribution is 0.297. The van der Waals surface area contributed by atoms with Crippen LogP contribution in [0, 0.1) is 0 Å². The number of phenolic OH excluding ortho intramolecular Hbond substituents is 1. The number of fused-ring (bicyclic) bond motifs is 1. The average molecular weight is 499 g/mol. The first kappa shape index (κ1) is 21.9. The molecular formula is C20H26IN3O4. The molecule has 2 aromatic rings. The fourth-order valence-corrected chi connectivity index (χ4v) is 2.71. The van der Waals surface area contributed by atoms with Gasteiger partial charge in [0.15, 0.2) is 29.0 Å². The molecule has 0 aliphatic carbocycles. The number of halogens is 1. The van der Waals surface area contributed by atoms with E-state index in [0.717, 1.165) is 23.6 Å². The molecule has 0 saturated heterocycles. The van der Waals surface area contributed by atoms with Gasteiger partial charge in [-0.2, -0.15) is 0 Å². The Labute approximate surface area is 182 Å². The van der Waals surface area contributed by atoms with E-state index < -0.39 is 0 Å². The molecular weight excluding hydrogens is 473 g/mol. The second-order valence-corrected chi connectivity index (χ2v) is 6.00. The second-order valence-electron chi connectivity index (χ2n) is 6.00. The number of rotatable bonds is 5. The lowest BCUT2D eigenvalue weighted by atomic mass is 10.2. The summed E-state index contributed by atoms with van der Waals surface area (Å²) in [5.41, 5.74) is 1.53. The number of phenols is 1. The minimum Gasteiger partial charge on any atom is -0.504 e. The standard InChI is InChI=1S/C20H25N3O4.HI/c1-3-21-20(22-13-14-6-4-7-17(25-2)19(14)24)23-15-8-9-16-18(12-15)27-11-5-10-26-16;/h4,6-9,12,24H,3,5,10-11,13H2,1-2H3,(H2,21,22,23);1H. The molecule has 7 nitrogen and oxygen atoms in total. The zero-order valence-electron chi connectivity index (χ0n) is 16.0. The van der Waals surface area contributed by atoms with Gasteiger partial charge < -0.3 is 30.0 Å². The van der Waals surface area contributed by atoms with Gasteiger partial charge in [-0.15, -0.1) is 24.0 Å². The Hall–Kier alpha value is -2.36. The molecule has 0 amide bonds. The molecule has 0 fully saturated rings. The summed E-state index contributed by atoms with van der Waals surface area (Å²) in [4.78, 5) is 4.55. The number of ether oxygens (including phenoxy) is 3. The van der Waals surface area contributed by atoms with Gasteiger partial charge in [0.05, 0.1) is 26.9 Å². The first-order chi connectivity index (χ1) is 13.2. The van der Waals surface area contributed by atoms with Crippen molar-refractivity contribution in [3.8, 4) is 23.0 Å². The summed E-state index contributed by atoms with van der Waals surface area (Å²) in [6.45, 7) is 4.31. The first-order valence-corrected chi connectivity index (χ1v) is 9.01. The molecule has 0 radical (unpaired) electrons. The molecule has 0 spiro atoms. The van der Waals surface area contributed by atoms with E-state index in [2.05, 4.69) is 15.6 Å². The van der Waals surface area contributed by atoms with Crippen LogP contribution in [0.2, 0.25) is 0 Å². The average Bonchev–Trinajstić information content (AvgIpc) is 2.92. The van der Waals surface area contributed by atoms with E-state index in [1.807, 2.05) is 37.3 Å². The minimum absolute atomic E-state index is 0. The maximum absolute atomic E-state index is 10.2. The number of nitrogens with zero attached hydrogens (tertiary/aromatic N) is 1. The van der Waals surface area contributed by atoms with Gasteiger partial charge >= 0.3 is 0 Å². The zero-order valence-corrected chi connectivity index (χ0v) is 18.4. The quantitative estimate of drug-likeness (QED) is 0.330. The van der Waals surface area contributed by atoms with Crippen molar-refractivity contribution in [1.29, 1.82) is 0 Å². The van der Waals surface area contributed by atoms with Crippen molar-refractivity contribution in [3.05, 3.63) is 42.0 Å². The van der Waals surface area contributed by atoms with E-state index in [9.17, 15) is 5.11 Å². The third-order valence-electron chi connectivity index (χ3n) is 4.06. The van der Waals surface area contributed by atoms with Crippen LogP contribution in [0.1, 0.15) is 18.9 Å². The Bertz CT molecular complexity index is 814. The van der Waals surface area contributed by atoms with Crippen LogP contribution in [-0.2, 0) is 6.54 Å². The van der Waals surface area contributed by atoms with Crippen LogP contribution in [0.4, 0.5) is 5.69 Å². The number of nitrogens with one attached hydrogen (secondary N) is 2. The van der Waals surface area contributed by atoms with Gasteiger partial charge in [-0.3, -0.25) is 0 Å². The highest BCUT2D eigenvalue weighted by Gasteiger charge is 2.12. The largest absolute Gasteiger partial charge is 0.504 e. The molecule has 3 rings (SSSR count). The molecule has 0 aromatic heterocycles. The highest BCUT2D eigenvalue weighted by atomic mass is 127. The molecule has 0 unspecified atom stereocenters. The number of aliphatic imine (C=N–C) groups is 1. The zero-order chi connectivity index (χ0) is 19.1. The SMILES string of the molecule is CCNC(=NCc1cccc(OC)c1O)Nc1ccc2c(c1)OCCCO2.I. The number of aromatic hydroxyl groups is 1. The number of para-hydroxylation sites is 1. The van der Waals surface area contributed by atoms with E-state index in [0.29, 0.717) is 43.6 Å². The van der Waals surface area contributed by atoms with Crippen LogP contribution < -0.4 is 24.8 Å². The third-order valence-corrected chi connectivity index (χ3v) is 4.06. The summed E-state index contributed by atoms with van der Waals surface area (Å²) in [5.74, 6) is 2.62. The van der Waals surface area contributed by atoms with Crippen LogP contribution >= 0.6 is 24.0 Å². The van der Waals surface area contributed by atoms with E-state index >= 15 is 0 Å². The second kappa shape index (κ2) is 10.8. The number of hydrogen-bond acceptors (Lipinski definition) is 5. The monoisotopic (exact) mass is 499 g/mol. The van der Waals surface area contributed by atoms with Crippen LogP contribution in [0.5, 0.6) is 23.0 Å². The van der Waals surface area contributed by atoms with Gasteiger partial charge in [0.25, 0.3) is 0 Å². The third kappa shape index (κ3) is 5.57. The Kier molecular flexibility index (Phi) is 8.49. The normalized spacial score (nSPS) is 13.1. The van der Waals surface area contributed by atoms with Gasteiger partial charge in [0, 0.05) is 30.3 Å². The maximum Gasteiger partial charge on any atom is 0.196 e. The van der Waals surface area contributed by atoms with Crippen molar-refractivity contribution in [2.24, 2.45) is 4.99 Å².